The number of nitro benzene ring substituents is 1. The number of nitrogens with zero attached hydrogens (tertiary/aromatic N) is 2. The summed E-state index contributed by atoms with van der Waals surface area (Å²) in [4.78, 5) is 10.4. The fourth-order valence-electron chi connectivity index (χ4n) is 2.45. The molecule has 4 N–H and O–H groups in total. The van der Waals surface area contributed by atoms with Crippen molar-refractivity contribution in [3.63, 3.8) is 0 Å². The standard InChI is InChI=1S/C19H15ClN4O6S/c20-13-2-4-14(5-3-13)23-31(29,30)15-6-7-16(17(10-15)24(27)28)22-21-11-12-1-8-18(25)19(26)9-12/h1-11,22-23,25-26H. The van der Waals surface area contributed by atoms with Crippen LogP contribution in [0.15, 0.2) is 70.7 Å². The van der Waals surface area contributed by atoms with E-state index in [0.29, 0.717) is 10.6 Å². The van der Waals surface area contributed by atoms with Gasteiger partial charge >= 0.3 is 0 Å². The van der Waals surface area contributed by atoms with E-state index in [2.05, 4.69) is 15.2 Å². The van der Waals surface area contributed by atoms with E-state index in [9.17, 15) is 28.7 Å². The number of halogens is 1. The van der Waals surface area contributed by atoms with E-state index in [-0.39, 0.29) is 27.8 Å². The number of phenolic OH excluding ortho intramolecular Hbond substituents is 2. The third-order valence-corrected chi connectivity index (χ3v) is 5.60. The number of nitro groups is 1. The van der Waals surface area contributed by atoms with Crippen LogP contribution in [-0.4, -0.2) is 29.8 Å². The Kier molecular flexibility index (Phi) is 6.28. The van der Waals surface area contributed by atoms with Crippen molar-refractivity contribution in [3.8, 4) is 11.5 Å². The van der Waals surface area contributed by atoms with Crippen molar-refractivity contribution >= 4 is 44.9 Å². The number of sulfonamides is 1. The summed E-state index contributed by atoms with van der Waals surface area (Å²) in [6.07, 6.45) is 1.26. The van der Waals surface area contributed by atoms with Crippen LogP contribution in [0.3, 0.4) is 0 Å². The number of aromatic hydroxyl groups is 2. The number of benzene rings is 3. The first-order chi connectivity index (χ1) is 14.7. The lowest BCUT2D eigenvalue weighted by Gasteiger charge is -2.09. The summed E-state index contributed by atoms with van der Waals surface area (Å²) in [5, 5.41) is 34.5. The van der Waals surface area contributed by atoms with E-state index in [1.807, 2.05) is 0 Å². The molecule has 0 heterocycles. The van der Waals surface area contributed by atoms with Crippen LogP contribution in [0.5, 0.6) is 11.5 Å². The summed E-state index contributed by atoms with van der Waals surface area (Å²) in [5.41, 5.74) is 2.57. The summed E-state index contributed by atoms with van der Waals surface area (Å²) in [6.45, 7) is 0. The molecule has 3 rings (SSSR count). The molecule has 0 spiro atoms. The fraction of sp³-hybridized carbons (Fsp3) is 0. The van der Waals surface area contributed by atoms with Crippen LogP contribution in [0.4, 0.5) is 17.1 Å². The van der Waals surface area contributed by atoms with Gasteiger partial charge in [0, 0.05) is 16.8 Å². The maximum absolute atomic E-state index is 12.6. The number of rotatable bonds is 7. The lowest BCUT2D eigenvalue weighted by Crippen LogP contribution is -2.13. The summed E-state index contributed by atoms with van der Waals surface area (Å²) < 4.78 is 27.5. The predicted molar refractivity (Wildman–Crippen MR) is 116 cm³/mol. The van der Waals surface area contributed by atoms with E-state index < -0.39 is 20.6 Å². The number of hydrogen-bond donors (Lipinski definition) is 4. The number of hydrogen-bond acceptors (Lipinski definition) is 8. The Morgan fingerprint density at radius 2 is 1.71 bits per heavy atom. The van der Waals surface area contributed by atoms with E-state index in [1.165, 1.54) is 60.8 Å². The zero-order valence-corrected chi connectivity index (χ0v) is 17.1. The van der Waals surface area contributed by atoms with Crippen LogP contribution in [0, 0.1) is 10.1 Å². The van der Waals surface area contributed by atoms with Crippen LogP contribution in [-0.2, 0) is 10.0 Å². The van der Waals surface area contributed by atoms with E-state index >= 15 is 0 Å². The van der Waals surface area contributed by atoms with Crippen LogP contribution in [0.1, 0.15) is 5.56 Å². The Labute approximate surface area is 181 Å². The van der Waals surface area contributed by atoms with Crippen molar-refractivity contribution in [2.45, 2.75) is 4.90 Å². The molecule has 3 aromatic rings. The Balaban J connectivity index is 1.83. The van der Waals surface area contributed by atoms with Gasteiger partial charge in [-0.3, -0.25) is 20.3 Å². The van der Waals surface area contributed by atoms with Crippen LogP contribution in [0.25, 0.3) is 0 Å². The molecule has 3 aromatic carbocycles. The number of anilines is 2. The first kappa shape index (κ1) is 21.9. The van der Waals surface area contributed by atoms with Gasteiger partial charge in [0.15, 0.2) is 11.5 Å². The normalized spacial score (nSPS) is 11.4. The quantitative estimate of drug-likeness (QED) is 0.179. The molecule has 0 saturated carbocycles. The highest BCUT2D eigenvalue weighted by molar-refractivity contribution is 7.92. The minimum Gasteiger partial charge on any atom is -0.504 e. The first-order valence-electron chi connectivity index (χ1n) is 8.53. The molecule has 12 heteroatoms. The van der Waals surface area contributed by atoms with Gasteiger partial charge in [0.1, 0.15) is 5.69 Å². The van der Waals surface area contributed by atoms with Gasteiger partial charge < -0.3 is 10.2 Å². The monoisotopic (exact) mass is 462 g/mol. The third-order valence-electron chi connectivity index (χ3n) is 3.97. The van der Waals surface area contributed by atoms with E-state index in [4.69, 9.17) is 11.6 Å². The van der Waals surface area contributed by atoms with Crippen molar-refractivity contribution in [3.05, 3.63) is 81.4 Å². The second-order valence-electron chi connectivity index (χ2n) is 6.17. The highest BCUT2D eigenvalue weighted by atomic mass is 35.5. The average molecular weight is 463 g/mol. The number of hydrazone groups is 1. The second-order valence-corrected chi connectivity index (χ2v) is 8.29. The zero-order chi connectivity index (χ0) is 22.6. The van der Waals surface area contributed by atoms with E-state index in [1.54, 1.807) is 0 Å². The molecule has 0 unspecified atom stereocenters. The lowest BCUT2D eigenvalue weighted by molar-refractivity contribution is -0.384. The van der Waals surface area contributed by atoms with Crippen molar-refractivity contribution in [1.29, 1.82) is 0 Å². The summed E-state index contributed by atoms with van der Waals surface area (Å²) in [5.74, 6) is -0.651. The topological polar surface area (TPSA) is 154 Å². The summed E-state index contributed by atoms with van der Waals surface area (Å²) in [7, 11) is -4.09. The fourth-order valence-corrected chi connectivity index (χ4v) is 3.66. The SMILES string of the molecule is O=[N+]([O-])c1cc(S(=O)(=O)Nc2ccc(Cl)cc2)ccc1NN=Cc1ccc(O)c(O)c1. The van der Waals surface area contributed by atoms with Crippen LogP contribution >= 0.6 is 11.6 Å². The molecule has 0 saturated heterocycles. The highest BCUT2D eigenvalue weighted by Gasteiger charge is 2.21. The molecule has 0 bridgehead atoms. The molecule has 0 aliphatic heterocycles. The van der Waals surface area contributed by atoms with Crippen molar-refractivity contribution < 1.29 is 23.6 Å². The third kappa shape index (κ3) is 5.41. The Hall–Kier alpha value is -3.83. The summed E-state index contributed by atoms with van der Waals surface area (Å²) in [6, 6.07) is 13.2. The van der Waals surface area contributed by atoms with Gasteiger partial charge in [0.05, 0.1) is 16.0 Å². The molecule has 0 radical (unpaired) electrons. The molecule has 160 valence electrons. The van der Waals surface area contributed by atoms with Gasteiger partial charge in [-0.1, -0.05) is 11.6 Å². The minimum atomic E-state index is -4.09. The van der Waals surface area contributed by atoms with Gasteiger partial charge in [-0.2, -0.15) is 5.10 Å². The van der Waals surface area contributed by atoms with Crippen LogP contribution in [0.2, 0.25) is 5.02 Å². The maximum Gasteiger partial charge on any atom is 0.295 e. The largest absolute Gasteiger partial charge is 0.504 e. The molecule has 31 heavy (non-hydrogen) atoms. The Bertz CT molecular complexity index is 1260. The van der Waals surface area contributed by atoms with Gasteiger partial charge in [-0.05, 0) is 60.2 Å². The Morgan fingerprint density at radius 1 is 1.00 bits per heavy atom. The van der Waals surface area contributed by atoms with Crippen molar-refractivity contribution in [2.75, 3.05) is 10.1 Å². The molecule has 0 aromatic heterocycles. The van der Waals surface area contributed by atoms with Gasteiger partial charge in [0.2, 0.25) is 0 Å². The van der Waals surface area contributed by atoms with Crippen molar-refractivity contribution in [1.82, 2.24) is 0 Å². The van der Waals surface area contributed by atoms with Gasteiger partial charge in [-0.25, -0.2) is 8.42 Å². The van der Waals surface area contributed by atoms with Crippen LogP contribution < -0.4 is 10.1 Å². The highest BCUT2D eigenvalue weighted by Crippen LogP contribution is 2.29. The molecule has 0 atom stereocenters. The molecule has 0 amide bonds. The maximum atomic E-state index is 12.6. The minimum absolute atomic E-state index is 0.0466. The average Bonchev–Trinajstić information content (AvgIpc) is 2.72. The second kappa shape index (κ2) is 8.90. The molecule has 0 aliphatic rings. The predicted octanol–water partition coefficient (Wildman–Crippen LogP) is 3.91. The molecule has 0 fully saturated rings. The number of phenols is 2. The lowest BCUT2D eigenvalue weighted by atomic mass is 10.2. The number of nitrogens with one attached hydrogen (secondary N) is 2. The van der Waals surface area contributed by atoms with Gasteiger partial charge in [-0.15, -0.1) is 0 Å². The molecular formula is C19H15ClN4O6S. The zero-order valence-electron chi connectivity index (χ0n) is 15.6. The summed E-state index contributed by atoms with van der Waals surface area (Å²) >= 11 is 5.77. The van der Waals surface area contributed by atoms with Crippen molar-refractivity contribution in [2.24, 2.45) is 5.10 Å². The Morgan fingerprint density at radius 3 is 2.35 bits per heavy atom. The smallest absolute Gasteiger partial charge is 0.295 e. The first-order valence-corrected chi connectivity index (χ1v) is 10.4. The van der Waals surface area contributed by atoms with Gasteiger partial charge in [0.25, 0.3) is 15.7 Å². The molecular weight excluding hydrogens is 448 g/mol. The van der Waals surface area contributed by atoms with E-state index in [0.717, 1.165) is 6.07 Å². The molecule has 10 nitrogen and oxygen atoms in total. The molecule has 0 aliphatic carbocycles.